The highest BCUT2D eigenvalue weighted by molar-refractivity contribution is 7.80. The molecule has 0 amide bonds. The number of hydrogen-bond donors (Lipinski definition) is 2. The van der Waals surface area contributed by atoms with E-state index >= 15 is 0 Å². The molecule has 0 spiro atoms. The second kappa shape index (κ2) is 8.99. The van der Waals surface area contributed by atoms with E-state index in [4.69, 9.17) is 12.2 Å². The van der Waals surface area contributed by atoms with Gasteiger partial charge in [-0.2, -0.15) is 0 Å². The van der Waals surface area contributed by atoms with Gasteiger partial charge in [-0.15, -0.1) is 11.3 Å². The molecule has 0 bridgehead atoms. The average molecular weight is 452 g/mol. The molecule has 2 N–H and O–H groups in total. The summed E-state index contributed by atoms with van der Waals surface area (Å²) in [6, 6.07) is 16.1. The maximum atomic E-state index is 13.2. The summed E-state index contributed by atoms with van der Waals surface area (Å²) in [6.07, 6.45) is 0. The van der Waals surface area contributed by atoms with E-state index in [0.29, 0.717) is 29.5 Å². The highest BCUT2D eigenvalue weighted by atomic mass is 32.1. The van der Waals surface area contributed by atoms with Crippen molar-refractivity contribution in [2.45, 2.75) is 26.9 Å². The topological polar surface area (TPSA) is 48.1 Å². The fraction of sp³-hybridized carbons (Fsp3) is 0.167. The molecule has 31 heavy (non-hydrogen) atoms. The molecule has 0 aliphatic carbocycles. The van der Waals surface area contributed by atoms with Gasteiger partial charge in [-0.3, -0.25) is 4.79 Å². The van der Waals surface area contributed by atoms with Crippen LogP contribution in [0.3, 0.4) is 0 Å². The second-order valence-electron chi connectivity index (χ2n) is 7.54. The molecule has 158 valence electrons. The van der Waals surface area contributed by atoms with Gasteiger partial charge in [0, 0.05) is 27.0 Å². The molecular weight excluding hydrogens is 429 g/mol. The van der Waals surface area contributed by atoms with Crippen molar-refractivity contribution in [1.29, 1.82) is 0 Å². The van der Waals surface area contributed by atoms with Gasteiger partial charge in [-0.25, -0.2) is 4.39 Å². The molecule has 2 aromatic carbocycles. The number of anilines is 1. The Balaban J connectivity index is 1.65. The number of pyridine rings is 1. The lowest BCUT2D eigenvalue weighted by Crippen LogP contribution is -2.35. The Morgan fingerprint density at radius 2 is 1.90 bits per heavy atom. The molecule has 0 unspecified atom stereocenters. The summed E-state index contributed by atoms with van der Waals surface area (Å²) in [4.78, 5) is 18.9. The van der Waals surface area contributed by atoms with Gasteiger partial charge in [-0.1, -0.05) is 12.1 Å². The molecule has 2 aromatic heterocycles. The van der Waals surface area contributed by atoms with Gasteiger partial charge in [0.2, 0.25) is 0 Å². The van der Waals surface area contributed by atoms with Gasteiger partial charge in [-0.05, 0) is 85.0 Å². The van der Waals surface area contributed by atoms with E-state index in [2.05, 4.69) is 16.4 Å². The maximum absolute atomic E-state index is 13.2. The van der Waals surface area contributed by atoms with Gasteiger partial charge < -0.3 is 15.2 Å². The number of hydrogen-bond acceptors (Lipinski definition) is 3. The second-order valence-corrected chi connectivity index (χ2v) is 8.96. The number of aromatic amines is 1. The van der Waals surface area contributed by atoms with E-state index in [1.807, 2.05) is 48.4 Å². The highest BCUT2D eigenvalue weighted by Gasteiger charge is 2.15. The van der Waals surface area contributed by atoms with E-state index in [1.165, 1.54) is 12.1 Å². The average Bonchev–Trinajstić information content (AvgIpc) is 3.23. The van der Waals surface area contributed by atoms with Crippen molar-refractivity contribution in [1.82, 2.24) is 9.88 Å². The predicted molar refractivity (Wildman–Crippen MR) is 130 cm³/mol. The Hall–Kier alpha value is -3.03. The summed E-state index contributed by atoms with van der Waals surface area (Å²) >= 11 is 7.29. The molecule has 0 fully saturated rings. The van der Waals surface area contributed by atoms with Crippen molar-refractivity contribution in [2.24, 2.45) is 0 Å². The smallest absolute Gasteiger partial charge is 0.253 e. The first-order valence-electron chi connectivity index (χ1n) is 9.86. The van der Waals surface area contributed by atoms with Crippen LogP contribution < -0.4 is 10.9 Å². The summed E-state index contributed by atoms with van der Waals surface area (Å²) in [6.45, 7) is 4.97. The highest BCUT2D eigenvalue weighted by Crippen LogP contribution is 2.21. The standard InChI is InChI=1S/C24H22FN3OS2/c1-15-10-16(2)21-12-17(23(29)27-22(21)11-15)13-28(14-20-4-3-9-31-20)24(30)26-19-7-5-18(25)6-8-19/h3-12H,13-14H2,1-2H3,(H,26,30)(H,27,29). The number of thiophene rings is 1. The zero-order valence-electron chi connectivity index (χ0n) is 17.2. The third-order valence-electron chi connectivity index (χ3n) is 5.06. The van der Waals surface area contributed by atoms with Crippen molar-refractivity contribution in [3.63, 3.8) is 0 Å². The van der Waals surface area contributed by atoms with Crippen LogP contribution in [-0.2, 0) is 13.1 Å². The minimum absolute atomic E-state index is 0.127. The Bertz CT molecular complexity index is 1280. The summed E-state index contributed by atoms with van der Waals surface area (Å²) < 4.78 is 13.2. The van der Waals surface area contributed by atoms with Crippen LogP contribution in [0.2, 0.25) is 0 Å². The van der Waals surface area contributed by atoms with Crippen LogP contribution in [0.15, 0.2) is 64.8 Å². The first-order valence-corrected chi connectivity index (χ1v) is 11.1. The number of nitrogens with one attached hydrogen (secondary N) is 2. The fourth-order valence-corrected chi connectivity index (χ4v) is 4.53. The molecule has 4 aromatic rings. The number of aryl methyl sites for hydroxylation is 2. The first kappa shape index (κ1) is 21.2. The van der Waals surface area contributed by atoms with Crippen molar-refractivity contribution in [3.8, 4) is 0 Å². The molecule has 0 atom stereocenters. The third-order valence-corrected chi connectivity index (χ3v) is 6.28. The Kier molecular flexibility index (Phi) is 6.15. The molecule has 4 rings (SSSR count). The van der Waals surface area contributed by atoms with Gasteiger partial charge in [0.25, 0.3) is 5.56 Å². The summed E-state index contributed by atoms with van der Waals surface area (Å²) in [5.74, 6) is -0.305. The normalized spacial score (nSPS) is 10.9. The first-order chi connectivity index (χ1) is 14.9. The fourth-order valence-electron chi connectivity index (χ4n) is 3.57. The lowest BCUT2D eigenvalue weighted by molar-refractivity contribution is 0.415. The number of thiocarbonyl (C=S) groups is 1. The van der Waals surface area contributed by atoms with E-state index < -0.39 is 0 Å². The van der Waals surface area contributed by atoms with Gasteiger partial charge in [0.15, 0.2) is 5.11 Å². The minimum atomic E-state index is -0.305. The van der Waals surface area contributed by atoms with Gasteiger partial charge in [0.1, 0.15) is 5.82 Å². The lowest BCUT2D eigenvalue weighted by Gasteiger charge is -2.25. The van der Waals surface area contributed by atoms with E-state index in [1.54, 1.807) is 23.5 Å². The van der Waals surface area contributed by atoms with Crippen molar-refractivity contribution in [2.75, 3.05) is 5.32 Å². The summed E-state index contributed by atoms with van der Waals surface area (Å²) in [7, 11) is 0. The predicted octanol–water partition coefficient (Wildman–Crippen LogP) is 5.74. The molecule has 0 radical (unpaired) electrons. The SMILES string of the molecule is Cc1cc(C)c2cc(CN(Cc3cccs3)C(=S)Nc3ccc(F)cc3)c(=O)[nH]c2c1. The molecule has 0 aliphatic heterocycles. The summed E-state index contributed by atoms with van der Waals surface area (Å²) in [5, 5.41) is 6.67. The maximum Gasteiger partial charge on any atom is 0.253 e. The minimum Gasteiger partial charge on any atom is -0.339 e. The van der Waals surface area contributed by atoms with Crippen molar-refractivity contribution in [3.05, 3.63) is 97.7 Å². The zero-order chi connectivity index (χ0) is 22.0. The van der Waals surface area contributed by atoms with Crippen LogP contribution in [0.5, 0.6) is 0 Å². The molecular formula is C24H22FN3OS2. The Labute approximate surface area is 189 Å². The molecule has 7 heteroatoms. The van der Waals surface area contributed by atoms with Crippen LogP contribution in [0.1, 0.15) is 21.6 Å². The molecule has 0 saturated heterocycles. The van der Waals surface area contributed by atoms with Crippen molar-refractivity contribution < 1.29 is 4.39 Å². The number of fused-ring (bicyclic) bond motifs is 1. The number of halogens is 1. The van der Waals surface area contributed by atoms with Crippen LogP contribution in [-0.4, -0.2) is 15.0 Å². The largest absolute Gasteiger partial charge is 0.339 e. The van der Waals surface area contributed by atoms with Crippen LogP contribution in [0.4, 0.5) is 10.1 Å². The number of rotatable bonds is 5. The third kappa shape index (κ3) is 5.00. The molecule has 4 nitrogen and oxygen atoms in total. The zero-order valence-corrected chi connectivity index (χ0v) is 18.9. The van der Waals surface area contributed by atoms with E-state index in [0.717, 1.165) is 26.9 Å². The number of aromatic nitrogens is 1. The van der Waals surface area contributed by atoms with Gasteiger partial charge in [0.05, 0.1) is 13.1 Å². The van der Waals surface area contributed by atoms with Gasteiger partial charge >= 0.3 is 0 Å². The van der Waals surface area contributed by atoms with E-state index in [9.17, 15) is 9.18 Å². The summed E-state index contributed by atoms with van der Waals surface area (Å²) in [5.41, 5.74) is 4.27. The Morgan fingerprint density at radius 1 is 1.13 bits per heavy atom. The monoisotopic (exact) mass is 451 g/mol. The number of benzene rings is 2. The van der Waals surface area contributed by atoms with Crippen LogP contribution in [0, 0.1) is 19.7 Å². The van der Waals surface area contributed by atoms with Crippen molar-refractivity contribution >= 4 is 45.3 Å². The van der Waals surface area contributed by atoms with Crippen LogP contribution in [0.25, 0.3) is 10.9 Å². The van der Waals surface area contributed by atoms with E-state index in [-0.39, 0.29) is 11.4 Å². The Morgan fingerprint density at radius 3 is 2.61 bits per heavy atom. The molecule has 2 heterocycles. The van der Waals surface area contributed by atoms with Crippen LogP contribution >= 0.6 is 23.6 Å². The molecule has 0 saturated carbocycles. The number of nitrogens with zero attached hydrogens (tertiary/aromatic N) is 1. The number of H-pyrrole nitrogens is 1. The molecule has 0 aliphatic rings. The quantitative estimate of drug-likeness (QED) is 0.380. The lowest BCUT2D eigenvalue weighted by atomic mass is 10.0.